The number of ether oxygens (including phenoxy) is 1. The fourth-order valence-corrected chi connectivity index (χ4v) is 3.75. The average Bonchev–Trinajstić information content (AvgIpc) is 3.41. The Morgan fingerprint density at radius 3 is 2.89 bits per heavy atom. The fraction of sp³-hybridized carbons (Fsp3) is 0.412. The molecule has 10 heteroatoms. The van der Waals surface area contributed by atoms with E-state index in [9.17, 15) is 4.79 Å². The zero-order chi connectivity index (χ0) is 18.4. The monoisotopic (exact) mass is 366 g/mol. The topological polar surface area (TPSA) is 104 Å². The summed E-state index contributed by atoms with van der Waals surface area (Å²) in [5, 5.41) is 8.49. The van der Waals surface area contributed by atoms with Gasteiger partial charge in [-0.2, -0.15) is 0 Å². The first kappa shape index (κ1) is 16.1. The van der Waals surface area contributed by atoms with Crippen LogP contribution in [0, 0.1) is 0 Å². The maximum atomic E-state index is 12.8. The van der Waals surface area contributed by atoms with Crippen molar-refractivity contribution < 1.29 is 9.53 Å². The second kappa shape index (κ2) is 5.95. The van der Waals surface area contributed by atoms with E-state index in [1.807, 2.05) is 16.5 Å². The van der Waals surface area contributed by atoms with Crippen LogP contribution in [-0.4, -0.2) is 63.8 Å². The molecular weight excluding hydrogens is 348 g/mol. The molecule has 0 bridgehead atoms. The maximum Gasteiger partial charge on any atom is 0.272 e. The number of hydrogen-bond donors (Lipinski definition) is 0. The number of likely N-dealkylation sites (tertiary alicyclic amines) is 1. The molecule has 5 heterocycles. The van der Waals surface area contributed by atoms with Crippen LogP contribution in [0.1, 0.15) is 22.7 Å². The summed E-state index contributed by atoms with van der Waals surface area (Å²) in [4.78, 5) is 27.1. The van der Waals surface area contributed by atoms with Gasteiger partial charge in [-0.15, -0.1) is 10.2 Å². The van der Waals surface area contributed by atoms with E-state index >= 15 is 0 Å². The smallest absolute Gasteiger partial charge is 0.272 e. The number of aromatic nitrogens is 7. The maximum absolute atomic E-state index is 12.8. The van der Waals surface area contributed by atoms with Gasteiger partial charge in [-0.3, -0.25) is 9.78 Å². The van der Waals surface area contributed by atoms with Gasteiger partial charge in [0.15, 0.2) is 11.6 Å². The Balaban J connectivity index is 1.40. The molecule has 1 saturated heterocycles. The van der Waals surface area contributed by atoms with Gasteiger partial charge in [0, 0.05) is 26.0 Å². The van der Waals surface area contributed by atoms with Crippen LogP contribution in [-0.2, 0) is 24.9 Å². The summed E-state index contributed by atoms with van der Waals surface area (Å²) < 4.78 is 9.92. The van der Waals surface area contributed by atoms with Gasteiger partial charge in [0.2, 0.25) is 0 Å². The van der Waals surface area contributed by atoms with Gasteiger partial charge >= 0.3 is 0 Å². The molecule has 0 N–H and O–H groups in total. The number of rotatable bonds is 2. The Morgan fingerprint density at radius 2 is 2.11 bits per heavy atom. The summed E-state index contributed by atoms with van der Waals surface area (Å²) in [6.45, 7) is 2.11. The molecule has 0 aromatic carbocycles. The summed E-state index contributed by atoms with van der Waals surface area (Å²) >= 11 is 0. The molecular formula is C17H18N8O2. The summed E-state index contributed by atoms with van der Waals surface area (Å²) in [6, 6.07) is 0. The lowest BCUT2D eigenvalue weighted by atomic mass is 10.0. The highest BCUT2D eigenvalue weighted by Crippen LogP contribution is 2.34. The lowest BCUT2D eigenvalue weighted by molar-refractivity contribution is -0.0805. The molecule has 0 radical (unpaired) electrons. The van der Waals surface area contributed by atoms with E-state index in [0.717, 1.165) is 12.2 Å². The molecule has 3 aromatic rings. The van der Waals surface area contributed by atoms with Crippen molar-refractivity contribution in [3.8, 4) is 11.5 Å². The molecule has 3 aromatic heterocycles. The Bertz CT molecular complexity index is 998. The van der Waals surface area contributed by atoms with Crippen LogP contribution in [0.4, 0.5) is 0 Å². The minimum Gasteiger partial charge on any atom is -0.363 e. The molecule has 5 rings (SSSR count). The molecule has 10 nitrogen and oxygen atoms in total. The van der Waals surface area contributed by atoms with Gasteiger partial charge in [-0.25, -0.2) is 9.97 Å². The van der Waals surface area contributed by atoms with E-state index in [-0.39, 0.29) is 5.91 Å². The molecule has 0 aliphatic carbocycles. The number of carbonyl (C=O) groups excluding carboxylic acids is 1. The molecule has 1 atom stereocenters. The SMILES string of the molecule is Cn1cncc1C(=O)N1CCC2(C1)Cn1c(nnc1-c1cnccn1)CO2. The highest BCUT2D eigenvalue weighted by atomic mass is 16.5. The fourth-order valence-electron chi connectivity index (χ4n) is 3.75. The van der Waals surface area contributed by atoms with Crippen LogP contribution in [0.5, 0.6) is 0 Å². The number of carbonyl (C=O) groups is 1. The van der Waals surface area contributed by atoms with Crippen molar-refractivity contribution >= 4 is 5.91 Å². The van der Waals surface area contributed by atoms with Crippen LogP contribution < -0.4 is 0 Å². The first-order valence-electron chi connectivity index (χ1n) is 8.73. The van der Waals surface area contributed by atoms with Crippen molar-refractivity contribution in [3.63, 3.8) is 0 Å². The van der Waals surface area contributed by atoms with Crippen molar-refractivity contribution in [2.24, 2.45) is 7.05 Å². The number of fused-ring (bicyclic) bond motifs is 1. The van der Waals surface area contributed by atoms with Crippen LogP contribution in [0.15, 0.2) is 31.1 Å². The van der Waals surface area contributed by atoms with E-state index in [0.29, 0.717) is 43.5 Å². The average molecular weight is 366 g/mol. The normalized spacial score (nSPS) is 21.6. The Kier molecular flexibility index (Phi) is 3.54. The first-order chi connectivity index (χ1) is 13.2. The summed E-state index contributed by atoms with van der Waals surface area (Å²) in [5.41, 5.74) is 0.808. The van der Waals surface area contributed by atoms with Crippen LogP contribution in [0.25, 0.3) is 11.5 Å². The number of hydrogen-bond acceptors (Lipinski definition) is 7. The van der Waals surface area contributed by atoms with Crippen molar-refractivity contribution in [2.75, 3.05) is 13.1 Å². The summed E-state index contributed by atoms with van der Waals surface area (Å²) in [6.07, 6.45) is 8.92. The van der Waals surface area contributed by atoms with Crippen LogP contribution in [0.3, 0.4) is 0 Å². The minimum atomic E-state index is -0.444. The van der Waals surface area contributed by atoms with Gasteiger partial charge in [0.25, 0.3) is 5.91 Å². The van der Waals surface area contributed by atoms with Gasteiger partial charge in [0.1, 0.15) is 23.6 Å². The van der Waals surface area contributed by atoms with E-state index < -0.39 is 5.60 Å². The van der Waals surface area contributed by atoms with E-state index in [1.165, 1.54) is 0 Å². The van der Waals surface area contributed by atoms with Gasteiger partial charge in [0.05, 0.1) is 31.8 Å². The molecule has 2 aliphatic heterocycles. The van der Waals surface area contributed by atoms with Crippen molar-refractivity contribution in [1.29, 1.82) is 0 Å². The Morgan fingerprint density at radius 1 is 1.19 bits per heavy atom. The highest BCUT2D eigenvalue weighted by Gasteiger charge is 2.45. The highest BCUT2D eigenvalue weighted by molar-refractivity contribution is 5.92. The van der Waals surface area contributed by atoms with Crippen LogP contribution >= 0.6 is 0 Å². The lowest BCUT2D eigenvalue weighted by Crippen LogP contribution is -2.45. The van der Waals surface area contributed by atoms with Gasteiger partial charge < -0.3 is 18.8 Å². The van der Waals surface area contributed by atoms with E-state index in [1.54, 1.807) is 35.7 Å². The number of aryl methyl sites for hydroxylation is 1. The number of imidazole rings is 1. The molecule has 1 amide bonds. The molecule has 138 valence electrons. The number of amides is 1. The summed E-state index contributed by atoms with van der Waals surface area (Å²) in [7, 11) is 1.82. The van der Waals surface area contributed by atoms with Crippen LogP contribution in [0.2, 0.25) is 0 Å². The second-order valence-electron chi connectivity index (χ2n) is 6.95. The summed E-state index contributed by atoms with van der Waals surface area (Å²) in [5.74, 6) is 1.41. The third kappa shape index (κ3) is 2.60. The number of nitrogens with zero attached hydrogens (tertiary/aromatic N) is 8. The van der Waals surface area contributed by atoms with E-state index in [4.69, 9.17) is 4.74 Å². The van der Waals surface area contributed by atoms with Crippen molar-refractivity contribution in [2.45, 2.75) is 25.2 Å². The van der Waals surface area contributed by atoms with Crippen molar-refractivity contribution in [1.82, 2.24) is 39.2 Å². The van der Waals surface area contributed by atoms with E-state index in [2.05, 4.69) is 25.1 Å². The van der Waals surface area contributed by atoms with Gasteiger partial charge in [-0.1, -0.05) is 0 Å². The lowest BCUT2D eigenvalue weighted by Gasteiger charge is -2.34. The molecule has 1 unspecified atom stereocenters. The van der Waals surface area contributed by atoms with Crippen molar-refractivity contribution in [3.05, 3.63) is 42.6 Å². The van der Waals surface area contributed by atoms with Gasteiger partial charge in [-0.05, 0) is 6.42 Å². The second-order valence-corrected chi connectivity index (χ2v) is 6.95. The quantitative estimate of drug-likeness (QED) is 0.642. The molecule has 27 heavy (non-hydrogen) atoms. The zero-order valence-corrected chi connectivity index (χ0v) is 14.8. The zero-order valence-electron chi connectivity index (χ0n) is 14.8. The predicted octanol–water partition coefficient (Wildman–Crippen LogP) is 0.284. The molecule has 2 aliphatic rings. The molecule has 0 saturated carbocycles. The third-order valence-electron chi connectivity index (χ3n) is 5.21. The molecule has 1 spiro atoms. The Labute approximate surface area is 154 Å². The largest absolute Gasteiger partial charge is 0.363 e. The standard InChI is InChI=1S/C17H18N8O2/c1-23-11-19-7-13(23)16(26)24-5-2-17(9-24)10-25-14(8-27-17)21-22-15(25)12-6-18-3-4-20-12/h3-4,6-7,11H,2,5,8-10H2,1H3. The minimum absolute atomic E-state index is 0.0285. The first-order valence-corrected chi connectivity index (χ1v) is 8.73. The molecule has 1 fully saturated rings. The predicted molar refractivity (Wildman–Crippen MR) is 92.3 cm³/mol. The third-order valence-corrected chi connectivity index (χ3v) is 5.21. The Hall–Kier alpha value is -3.14.